The van der Waals surface area contributed by atoms with E-state index in [1.54, 1.807) is 42.5 Å². The molecule has 206 valence electrons. The van der Waals surface area contributed by atoms with Crippen LogP contribution in [0.15, 0.2) is 42.5 Å². The number of halogens is 1. The summed E-state index contributed by atoms with van der Waals surface area (Å²) in [5.41, 5.74) is 12.2. The van der Waals surface area contributed by atoms with Crippen molar-refractivity contribution < 1.29 is 23.9 Å². The Morgan fingerprint density at radius 3 is 2.49 bits per heavy atom. The van der Waals surface area contributed by atoms with Gasteiger partial charge in [-0.3, -0.25) is 14.4 Å². The van der Waals surface area contributed by atoms with Crippen LogP contribution >= 0.6 is 23.1 Å². The normalized spacial score (nSPS) is 14.0. The standard InChI is InChI=1S/C27H30ClN5O5S/c1-37-17-11-12-20(38-2)18(13-17)23(26(35)31-16-8-4-5-9-16)33(14-15-7-3-6-10-19(15)28)27(36)24-21(29)22(25(30)34)32-39-24/h3,6-7,10-13,16,23H,4-5,8-9,14,29H2,1-2H3,(H2,30,34)(H,31,35). The van der Waals surface area contributed by atoms with Crippen molar-refractivity contribution in [3.05, 3.63) is 69.2 Å². The number of amides is 3. The van der Waals surface area contributed by atoms with Crippen molar-refractivity contribution in [2.24, 2.45) is 5.73 Å². The number of nitrogen functional groups attached to an aromatic ring is 1. The van der Waals surface area contributed by atoms with E-state index in [4.69, 9.17) is 32.5 Å². The molecule has 1 fully saturated rings. The summed E-state index contributed by atoms with van der Waals surface area (Å²) < 4.78 is 15.0. The van der Waals surface area contributed by atoms with Crippen molar-refractivity contribution in [2.45, 2.75) is 44.3 Å². The zero-order chi connectivity index (χ0) is 28.1. The molecule has 0 spiro atoms. The average molecular weight is 572 g/mol. The molecule has 5 N–H and O–H groups in total. The Morgan fingerprint density at radius 1 is 1.15 bits per heavy atom. The molecule has 4 rings (SSSR count). The van der Waals surface area contributed by atoms with Crippen LogP contribution in [-0.4, -0.2) is 47.3 Å². The fraction of sp³-hybridized carbons (Fsp3) is 0.333. The number of hydrogen-bond acceptors (Lipinski definition) is 8. The third-order valence-electron chi connectivity index (χ3n) is 6.71. The molecule has 1 unspecified atom stereocenters. The molecule has 1 aromatic heterocycles. The first-order chi connectivity index (χ1) is 18.7. The van der Waals surface area contributed by atoms with E-state index < -0.39 is 23.8 Å². The number of nitrogens with zero attached hydrogens (tertiary/aromatic N) is 2. The van der Waals surface area contributed by atoms with Crippen LogP contribution in [0.2, 0.25) is 5.02 Å². The van der Waals surface area contributed by atoms with Crippen LogP contribution < -0.4 is 26.3 Å². The number of benzene rings is 2. The Hall–Kier alpha value is -3.83. The van der Waals surface area contributed by atoms with E-state index in [2.05, 4.69) is 9.69 Å². The Bertz CT molecular complexity index is 1370. The molecule has 3 amide bonds. The lowest BCUT2D eigenvalue weighted by Crippen LogP contribution is -2.46. The van der Waals surface area contributed by atoms with Crippen molar-refractivity contribution >= 4 is 46.5 Å². The van der Waals surface area contributed by atoms with Gasteiger partial charge in [0.05, 0.1) is 19.9 Å². The van der Waals surface area contributed by atoms with Gasteiger partial charge in [-0.1, -0.05) is 42.6 Å². The molecule has 2 aromatic carbocycles. The van der Waals surface area contributed by atoms with E-state index in [9.17, 15) is 14.4 Å². The maximum atomic E-state index is 14.2. The molecular formula is C27H30ClN5O5S. The van der Waals surface area contributed by atoms with Gasteiger partial charge in [0.15, 0.2) is 5.69 Å². The second kappa shape index (κ2) is 12.4. The first kappa shape index (κ1) is 28.2. The highest BCUT2D eigenvalue weighted by Gasteiger charge is 2.38. The largest absolute Gasteiger partial charge is 0.497 e. The molecule has 1 saturated carbocycles. The highest BCUT2D eigenvalue weighted by atomic mass is 35.5. The predicted molar refractivity (Wildman–Crippen MR) is 149 cm³/mol. The fourth-order valence-corrected chi connectivity index (χ4v) is 5.66. The molecule has 0 bridgehead atoms. The molecule has 3 aromatic rings. The first-order valence-corrected chi connectivity index (χ1v) is 13.5. The number of nitrogens with one attached hydrogen (secondary N) is 1. The summed E-state index contributed by atoms with van der Waals surface area (Å²) in [6.45, 7) is -0.0507. The molecule has 10 nitrogen and oxygen atoms in total. The van der Waals surface area contributed by atoms with Crippen molar-refractivity contribution in [2.75, 3.05) is 20.0 Å². The van der Waals surface area contributed by atoms with Crippen LogP contribution in [0.1, 0.15) is 63.0 Å². The molecule has 0 aliphatic heterocycles. The Balaban J connectivity index is 1.89. The molecule has 1 aliphatic rings. The minimum Gasteiger partial charge on any atom is -0.497 e. The van der Waals surface area contributed by atoms with Gasteiger partial charge in [-0.2, -0.15) is 4.37 Å². The molecule has 1 heterocycles. The minimum atomic E-state index is -1.17. The molecular weight excluding hydrogens is 542 g/mol. The number of hydrogen-bond donors (Lipinski definition) is 3. The van der Waals surface area contributed by atoms with E-state index in [-0.39, 0.29) is 28.8 Å². The van der Waals surface area contributed by atoms with Crippen LogP contribution in [0.5, 0.6) is 11.5 Å². The second-order valence-electron chi connectivity index (χ2n) is 9.16. The van der Waals surface area contributed by atoms with Crippen molar-refractivity contribution in [3.63, 3.8) is 0 Å². The number of methoxy groups -OCH3 is 2. The quantitative estimate of drug-likeness (QED) is 0.333. The lowest BCUT2D eigenvalue weighted by molar-refractivity contribution is -0.126. The predicted octanol–water partition coefficient (Wildman–Crippen LogP) is 3.94. The lowest BCUT2D eigenvalue weighted by atomic mass is 10.00. The molecule has 39 heavy (non-hydrogen) atoms. The third-order valence-corrected chi connectivity index (χ3v) is 7.93. The number of rotatable bonds is 10. The van der Waals surface area contributed by atoms with Gasteiger partial charge in [0.2, 0.25) is 5.91 Å². The number of nitrogens with two attached hydrogens (primary N) is 2. The fourth-order valence-electron chi connectivity index (χ4n) is 4.70. The van der Waals surface area contributed by atoms with E-state index in [1.807, 2.05) is 0 Å². The molecule has 0 saturated heterocycles. The summed E-state index contributed by atoms with van der Waals surface area (Å²) in [5, 5.41) is 3.53. The maximum Gasteiger partial charge on any atom is 0.270 e. The van der Waals surface area contributed by atoms with Gasteiger partial charge in [-0.05, 0) is 54.2 Å². The lowest BCUT2D eigenvalue weighted by Gasteiger charge is -2.33. The smallest absolute Gasteiger partial charge is 0.270 e. The number of primary amides is 1. The van der Waals surface area contributed by atoms with E-state index in [0.29, 0.717) is 27.6 Å². The van der Waals surface area contributed by atoms with Gasteiger partial charge in [-0.15, -0.1) is 0 Å². The van der Waals surface area contributed by atoms with Gasteiger partial charge in [0, 0.05) is 23.2 Å². The summed E-state index contributed by atoms with van der Waals surface area (Å²) in [6, 6.07) is 10.9. The maximum absolute atomic E-state index is 14.2. The molecule has 1 atom stereocenters. The Labute approximate surface area is 235 Å². The van der Waals surface area contributed by atoms with Crippen molar-refractivity contribution in [1.82, 2.24) is 14.6 Å². The van der Waals surface area contributed by atoms with Gasteiger partial charge < -0.3 is 31.2 Å². The average Bonchev–Trinajstić information content (AvgIpc) is 3.58. The number of ether oxygens (including phenoxy) is 2. The molecule has 12 heteroatoms. The van der Waals surface area contributed by atoms with Crippen molar-refractivity contribution in [3.8, 4) is 11.5 Å². The first-order valence-electron chi connectivity index (χ1n) is 12.4. The topological polar surface area (TPSA) is 150 Å². The molecule has 0 radical (unpaired) electrons. The number of carbonyl (C=O) groups is 3. The zero-order valence-corrected chi connectivity index (χ0v) is 23.2. The van der Waals surface area contributed by atoms with Crippen LogP contribution in [0, 0.1) is 0 Å². The summed E-state index contributed by atoms with van der Waals surface area (Å²) in [5.74, 6) is -1.01. The second-order valence-corrected chi connectivity index (χ2v) is 10.3. The summed E-state index contributed by atoms with van der Waals surface area (Å²) in [4.78, 5) is 41.4. The van der Waals surface area contributed by atoms with Crippen molar-refractivity contribution in [1.29, 1.82) is 0 Å². The highest BCUT2D eigenvalue weighted by molar-refractivity contribution is 7.09. The van der Waals surface area contributed by atoms with Crippen LogP contribution in [0.4, 0.5) is 5.69 Å². The Kier molecular flexibility index (Phi) is 8.93. The minimum absolute atomic E-state index is 0.0172. The van der Waals surface area contributed by atoms with Crippen LogP contribution in [0.3, 0.4) is 0 Å². The number of aromatic nitrogens is 1. The highest BCUT2D eigenvalue weighted by Crippen LogP contribution is 2.37. The number of carbonyl (C=O) groups excluding carboxylic acids is 3. The van der Waals surface area contributed by atoms with Gasteiger partial charge in [0.1, 0.15) is 22.4 Å². The Morgan fingerprint density at radius 2 is 1.87 bits per heavy atom. The SMILES string of the molecule is COc1ccc(OC)c(C(C(=O)NC2CCCC2)N(Cc2ccccc2Cl)C(=O)c2snc(C(N)=O)c2N)c1. The van der Waals surface area contributed by atoms with Gasteiger partial charge in [0.25, 0.3) is 11.8 Å². The van der Waals surface area contributed by atoms with Crippen LogP contribution in [-0.2, 0) is 11.3 Å². The third kappa shape index (κ3) is 6.10. The van der Waals surface area contributed by atoms with E-state index >= 15 is 0 Å². The molecule has 1 aliphatic carbocycles. The summed E-state index contributed by atoms with van der Waals surface area (Å²) in [6.07, 6.45) is 3.70. The van der Waals surface area contributed by atoms with Gasteiger partial charge >= 0.3 is 0 Å². The zero-order valence-electron chi connectivity index (χ0n) is 21.6. The van der Waals surface area contributed by atoms with Gasteiger partial charge in [-0.25, -0.2) is 0 Å². The van der Waals surface area contributed by atoms with Crippen LogP contribution in [0.25, 0.3) is 0 Å². The summed E-state index contributed by atoms with van der Waals surface area (Å²) in [7, 11) is 2.99. The van der Waals surface area contributed by atoms with E-state index in [1.165, 1.54) is 19.1 Å². The number of anilines is 1. The monoisotopic (exact) mass is 571 g/mol. The van der Waals surface area contributed by atoms with E-state index in [0.717, 1.165) is 37.2 Å². The summed E-state index contributed by atoms with van der Waals surface area (Å²) >= 11 is 7.23.